The molecule has 2 heterocycles. The van der Waals surface area contributed by atoms with Gasteiger partial charge in [-0.15, -0.1) is 0 Å². The van der Waals surface area contributed by atoms with Gasteiger partial charge in [0.05, 0.1) is 5.69 Å². The maximum Gasteiger partial charge on any atom is 0.325 e. The molecule has 0 spiro atoms. The summed E-state index contributed by atoms with van der Waals surface area (Å²) < 4.78 is 1.19. The first-order valence-corrected chi connectivity index (χ1v) is 8.27. The Balaban J connectivity index is 2.21. The van der Waals surface area contributed by atoms with E-state index in [-0.39, 0.29) is 16.0 Å². The summed E-state index contributed by atoms with van der Waals surface area (Å²) in [7, 11) is 0. The van der Waals surface area contributed by atoms with Crippen molar-refractivity contribution in [1.82, 2.24) is 19.5 Å². The summed E-state index contributed by atoms with van der Waals surface area (Å²) in [6.07, 6.45) is 2.09. The Morgan fingerprint density at radius 2 is 1.96 bits per heavy atom. The predicted octanol–water partition coefficient (Wildman–Crippen LogP) is 1.69. The van der Waals surface area contributed by atoms with Gasteiger partial charge < -0.3 is 10.1 Å². The van der Waals surface area contributed by atoms with Crippen LogP contribution in [-0.4, -0.2) is 30.8 Å². The molecule has 0 saturated carbocycles. The third-order valence-corrected chi connectivity index (χ3v) is 4.19. The average Bonchev–Trinajstić information content (AvgIpc) is 2.59. The molecule has 0 aliphatic rings. The van der Waals surface area contributed by atoms with Gasteiger partial charge in [0.2, 0.25) is 5.88 Å². The van der Waals surface area contributed by atoms with E-state index in [0.29, 0.717) is 10.7 Å². The van der Waals surface area contributed by atoms with Gasteiger partial charge in [-0.3, -0.25) is 24.1 Å². The minimum absolute atomic E-state index is 0.0399. The smallest absolute Gasteiger partial charge is 0.325 e. The quantitative estimate of drug-likeness (QED) is 0.388. The molecule has 3 rings (SSSR count). The maximum atomic E-state index is 12.2. The van der Waals surface area contributed by atoms with Gasteiger partial charge in [0.15, 0.2) is 4.77 Å². The van der Waals surface area contributed by atoms with Crippen molar-refractivity contribution in [3.05, 3.63) is 76.5 Å². The number of aliphatic imine (C=N–C) groups is 1. The van der Waals surface area contributed by atoms with E-state index in [2.05, 4.69) is 15.0 Å². The van der Waals surface area contributed by atoms with E-state index in [1.54, 1.807) is 25.1 Å². The van der Waals surface area contributed by atoms with E-state index in [0.717, 1.165) is 18.0 Å². The zero-order valence-electron chi connectivity index (χ0n) is 13.7. The van der Waals surface area contributed by atoms with Gasteiger partial charge in [0.1, 0.15) is 11.3 Å². The molecule has 0 radical (unpaired) electrons. The van der Waals surface area contributed by atoms with Crippen LogP contribution in [0.5, 0.6) is 5.88 Å². The maximum absolute atomic E-state index is 12.2. The van der Waals surface area contributed by atoms with E-state index < -0.39 is 22.7 Å². The first-order chi connectivity index (χ1) is 12.8. The number of H-pyrrole nitrogens is 3. The lowest BCUT2D eigenvalue weighted by Crippen LogP contribution is -2.21. The lowest BCUT2D eigenvalue weighted by Gasteiger charge is -2.13. The fourth-order valence-corrected chi connectivity index (χ4v) is 2.78. The van der Waals surface area contributed by atoms with Gasteiger partial charge in [0, 0.05) is 17.4 Å². The molecular formula is C16H12ClN5O4S. The van der Waals surface area contributed by atoms with Crippen molar-refractivity contribution >= 4 is 35.7 Å². The Kier molecular flexibility index (Phi) is 4.93. The third-order valence-electron chi connectivity index (χ3n) is 3.67. The summed E-state index contributed by atoms with van der Waals surface area (Å²) in [5.74, 6) is -0.473. The number of aromatic hydroxyl groups is 1. The summed E-state index contributed by atoms with van der Waals surface area (Å²) in [5, 5.41) is 11.0. The summed E-state index contributed by atoms with van der Waals surface area (Å²) >= 11 is 11.2. The van der Waals surface area contributed by atoms with Crippen LogP contribution in [0.25, 0.3) is 5.69 Å². The van der Waals surface area contributed by atoms with Crippen LogP contribution in [0.4, 0.5) is 5.69 Å². The highest BCUT2D eigenvalue weighted by Gasteiger charge is 2.14. The Hall–Kier alpha value is -3.24. The van der Waals surface area contributed by atoms with Crippen molar-refractivity contribution in [3.63, 3.8) is 0 Å². The number of benzene rings is 1. The van der Waals surface area contributed by atoms with Crippen LogP contribution < -0.4 is 16.8 Å². The topological polar surface area (TPSA) is 136 Å². The lowest BCUT2D eigenvalue weighted by atomic mass is 10.2. The molecule has 138 valence electrons. The van der Waals surface area contributed by atoms with Gasteiger partial charge in [0.25, 0.3) is 11.1 Å². The fraction of sp³-hybridized carbons (Fsp3) is 0.0625. The number of halogens is 1. The number of nitrogens with zero attached hydrogens (tertiary/aromatic N) is 2. The standard InChI is InChI=1S/C16H12ClN5O4S/c1-7-2-3-8(17)4-11(7)22-14(25)9(12(23)21-16(22)27)5-18-10-6-19-15(26)20-13(10)24/h2-6,25H,1H3,(H,21,23,27)(H2,19,20,24,26). The van der Waals surface area contributed by atoms with Crippen molar-refractivity contribution in [2.75, 3.05) is 0 Å². The number of hydrogen-bond donors (Lipinski definition) is 4. The van der Waals surface area contributed by atoms with Gasteiger partial charge in [-0.05, 0) is 36.8 Å². The minimum atomic E-state index is -0.746. The van der Waals surface area contributed by atoms with Crippen LogP contribution in [0.2, 0.25) is 5.02 Å². The number of aromatic amines is 3. The van der Waals surface area contributed by atoms with E-state index >= 15 is 0 Å². The normalized spacial score (nSPS) is 11.2. The van der Waals surface area contributed by atoms with E-state index in [4.69, 9.17) is 23.8 Å². The van der Waals surface area contributed by atoms with Gasteiger partial charge in [-0.25, -0.2) is 9.79 Å². The Morgan fingerprint density at radius 1 is 1.22 bits per heavy atom. The van der Waals surface area contributed by atoms with E-state index in [9.17, 15) is 19.5 Å². The number of aromatic nitrogens is 4. The molecule has 4 N–H and O–H groups in total. The van der Waals surface area contributed by atoms with Crippen molar-refractivity contribution in [2.45, 2.75) is 6.92 Å². The number of rotatable bonds is 3. The highest BCUT2D eigenvalue weighted by Crippen LogP contribution is 2.24. The van der Waals surface area contributed by atoms with Crippen LogP contribution in [0.1, 0.15) is 11.1 Å². The molecular weight excluding hydrogens is 394 g/mol. The van der Waals surface area contributed by atoms with Crippen LogP contribution in [-0.2, 0) is 0 Å². The Bertz CT molecular complexity index is 1300. The molecule has 1 aromatic carbocycles. The third kappa shape index (κ3) is 3.66. The minimum Gasteiger partial charge on any atom is -0.494 e. The van der Waals surface area contributed by atoms with Crippen LogP contribution in [0.3, 0.4) is 0 Å². The molecule has 0 atom stereocenters. The zero-order chi connectivity index (χ0) is 19.7. The summed E-state index contributed by atoms with van der Waals surface area (Å²) in [6.45, 7) is 1.78. The lowest BCUT2D eigenvalue weighted by molar-refractivity contribution is 0.432. The largest absolute Gasteiger partial charge is 0.494 e. The number of nitrogens with one attached hydrogen (secondary N) is 3. The molecule has 0 bridgehead atoms. The van der Waals surface area contributed by atoms with Crippen molar-refractivity contribution in [1.29, 1.82) is 0 Å². The molecule has 9 nitrogen and oxygen atoms in total. The average molecular weight is 406 g/mol. The summed E-state index contributed by atoms with van der Waals surface area (Å²) in [6, 6.07) is 4.99. The molecule has 0 saturated heterocycles. The Morgan fingerprint density at radius 3 is 2.67 bits per heavy atom. The second kappa shape index (κ2) is 7.17. The highest BCUT2D eigenvalue weighted by molar-refractivity contribution is 7.71. The molecule has 0 unspecified atom stereocenters. The fourth-order valence-electron chi connectivity index (χ4n) is 2.33. The predicted molar refractivity (Wildman–Crippen MR) is 104 cm³/mol. The van der Waals surface area contributed by atoms with Crippen LogP contribution in [0.15, 0.2) is 43.8 Å². The van der Waals surface area contributed by atoms with E-state index in [1.165, 1.54) is 4.57 Å². The van der Waals surface area contributed by atoms with Crippen molar-refractivity contribution < 1.29 is 5.11 Å². The van der Waals surface area contributed by atoms with Gasteiger partial charge >= 0.3 is 5.69 Å². The first kappa shape index (κ1) is 18.5. The molecule has 0 fully saturated rings. The van der Waals surface area contributed by atoms with Crippen LogP contribution >= 0.6 is 23.8 Å². The molecule has 11 heteroatoms. The SMILES string of the molecule is Cc1ccc(Cl)cc1-n1c(O)c(C=Nc2c[nH]c(=O)[nH]c2=O)c(=O)[nH]c1=S. The summed E-state index contributed by atoms with van der Waals surface area (Å²) in [4.78, 5) is 45.5. The molecule has 27 heavy (non-hydrogen) atoms. The highest BCUT2D eigenvalue weighted by atomic mass is 35.5. The van der Waals surface area contributed by atoms with Gasteiger partial charge in [-0.1, -0.05) is 17.7 Å². The molecule has 3 aromatic rings. The number of hydrogen-bond acceptors (Lipinski definition) is 6. The number of aryl methyl sites for hydroxylation is 1. The Labute approximate surface area is 160 Å². The van der Waals surface area contributed by atoms with Crippen LogP contribution in [0, 0.1) is 11.7 Å². The first-order valence-electron chi connectivity index (χ1n) is 7.49. The van der Waals surface area contributed by atoms with Crippen molar-refractivity contribution in [3.8, 4) is 11.6 Å². The zero-order valence-corrected chi connectivity index (χ0v) is 15.3. The second-order valence-electron chi connectivity index (χ2n) is 5.48. The van der Waals surface area contributed by atoms with Crippen molar-refractivity contribution in [2.24, 2.45) is 4.99 Å². The molecule has 2 aromatic heterocycles. The van der Waals surface area contributed by atoms with E-state index in [1.807, 2.05) is 4.98 Å². The molecule has 0 aliphatic heterocycles. The second-order valence-corrected chi connectivity index (χ2v) is 6.30. The molecule has 0 amide bonds. The monoisotopic (exact) mass is 405 g/mol. The summed E-state index contributed by atoms with van der Waals surface area (Å²) in [5.41, 5.74) is -1.29. The molecule has 0 aliphatic carbocycles. The van der Waals surface area contributed by atoms with Gasteiger partial charge in [-0.2, -0.15) is 0 Å².